The Kier molecular flexibility index (Phi) is 2.47. The van der Waals surface area contributed by atoms with E-state index < -0.39 is 5.54 Å². The molecule has 2 aromatic rings. The van der Waals surface area contributed by atoms with Gasteiger partial charge in [0.25, 0.3) is 0 Å². The monoisotopic (exact) mass is 221 g/mol. The molecule has 0 aliphatic carbocycles. The van der Waals surface area contributed by atoms with Crippen LogP contribution in [0.4, 0.5) is 4.39 Å². The first-order valence-electron chi connectivity index (χ1n) is 4.86. The second kappa shape index (κ2) is 3.68. The summed E-state index contributed by atoms with van der Waals surface area (Å²) in [6, 6.07) is 6.25. The zero-order chi connectivity index (χ0) is 11.8. The molecule has 0 atom stereocenters. The SMILES string of the molecule is CC(C)(N)c1nc(-c2ccccc2F)no1. The summed E-state index contributed by atoms with van der Waals surface area (Å²) in [7, 11) is 0. The Morgan fingerprint density at radius 2 is 2.00 bits per heavy atom. The lowest BCUT2D eigenvalue weighted by Gasteiger charge is -2.10. The van der Waals surface area contributed by atoms with Crippen LogP contribution < -0.4 is 5.73 Å². The third-order valence-electron chi connectivity index (χ3n) is 2.09. The highest BCUT2D eigenvalue weighted by atomic mass is 19.1. The molecule has 0 spiro atoms. The topological polar surface area (TPSA) is 64.9 Å². The van der Waals surface area contributed by atoms with Crippen LogP contribution in [0.25, 0.3) is 11.4 Å². The van der Waals surface area contributed by atoms with Crippen LogP contribution in [0, 0.1) is 5.82 Å². The maximum Gasteiger partial charge on any atom is 0.246 e. The average molecular weight is 221 g/mol. The van der Waals surface area contributed by atoms with Crippen LogP contribution in [0.5, 0.6) is 0 Å². The van der Waals surface area contributed by atoms with Gasteiger partial charge in [-0.25, -0.2) is 4.39 Å². The first-order valence-corrected chi connectivity index (χ1v) is 4.86. The maximum atomic E-state index is 13.4. The third kappa shape index (κ3) is 1.94. The second-order valence-corrected chi connectivity index (χ2v) is 4.12. The third-order valence-corrected chi connectivity index (χ3v) is 2.09. The minimum Gasteiger partial charge on any atom is -0.337 e. The fraction of sp³-hybridized carbons (Fsp3) is 0.273. The molecule has 4 nitrogen and oxygen atoms in total. The van der Waals surface area contributed by atoms with E-state index in [1.54, 1.807) is 32.0 Å². The number of benzene rings is 1. The van der Waals surface area contributed by atoms with Crippen LogP contribution in [0.1, 0.15) is 19.7 Å². The van der Waals surface area contributed by atoms with Gasteiger partial charge in [-0.2, -0.15) is 4.98 Å². The molecule has 2 rings (SSSR count). The molecule has 0 aliphatic rings. The van der Waals surface area contributed by atoms with Gasteiger partial charge in [0.1, 0.15) is 5.82 Å². The summed E-state index contributed by atoms with van der Waals surface area (Å²) in [5, 5.41) is 3.71. The number of rotatable bonds is 2. The number of nitrogens with zero attached hydrogens (tertiary/aromatic N) is 2. The van der Waals surface area contributed by atoms with Crippen molar-refractivity contribution in [2.75, 3.05) is 0 Å². The first kappa shape index (κ1) is 10.8. The summed E-state index contributed by atoms with van der Waals surface area (Å²) in [6.45, 7) is 3.48. The Hall–Kier alpha value is -1.75. The van der Waals surface area contributed by atoms with E-state index in [2.05, 4.69) is 10.1 Å². The molecule has 0 bridgehead atoms. The molecule has 0 saturated heterocycles. The summed E-state index contributed by atoms with van der Waals surface area (Å²) in [6.07, 6.45) is 0. The van der Waals surface area contributed by atoms with Gasteiger partial charge in [0, 0.05) is 0 Å². The summed E-state index contributed by atoms with van der Waals surface area (Å²) in [4.78, 5) is 4.07. The van der Waals surface area contributed by atoms with Gasteiger partial charge in [-0.15, -0.1) is 0 Å². The summed E-state index contributed by atoms with van der Waals surface area (Å²) in [5.74, 6) is 0.113. The molecular formula is C11H12FN3O. The van der Waals surface area contributed by atoms with Gasteiger partial charge in [0.05, 0.1) is 11.1 Å². The van der Waals surface area contributed by atoms with Gasteiger partial charge >= 0.3 is 0 Å². The fourth-order valence-corrected chi connectivity index (χ4v) is 1.24. The predicted molar refractivity (Wildman–Crippen MR) is 56.9 cm³/mol. The van der Waals surface area contributed by atoms with Crippen LogP contribution in [0.15, 0.2) is 28.8 Å². The Morgan fingerprint density at radius 1 is 1.31 bits per heavy atom. The number of hydrogen-bond donors (Lipinski definition) is 1. The van der Waals surface area contributed by atoms with Crippen molar-refractivity contribution in [3.05, 3.63) is 36.0 Å². The highest BCUT2D eigenvalue weighted by Gasteiger charge is 2.23. The standard InChI is InChI=1S/C11H12FN3O/c1-11(2,13)10-14-9(15-16-10)7-5-3-4-6-8(7)12/h3-6H,13H2,1-2H3. The molecule has 0 radical (unpaired) electrons. The van der Waals surface area contributed by atoms with Crippen LogP contribution >= 0.6 is 0 Å². The normalized spacial score (nSPS) is 11.8. The molecule has 1 heterocycles. The predicted octanol–water partition coefficient (Wildman–Crippen LogP) is 2.07. The van der Waals surface area contributed by atoms with E-state index in [1.165, 1.54) is 6.07 Å². The summed E-state index contributed by atoms with van der Waals surface area (Å²) >= 11 is 0. The Balaban J connectivity index is 2.44. The number of halogens is 1. The Labute approximate surface area is 92.3 Å². The molecule has 16 heavy (non-hydrogen) atoms. The van der Waals surface area contributed by atoms with Crippen LogP contribution in [-0.2, 0) is 5.54 Å². The van der Waals surface area contributed by atoms with Gasteiger partial charge in [-0.1, -0.05) is 17.3 Å². The van der Waals surface area contributed by atoms with E-state index >= 15 is 0 Å². The summed E-state index contributed by atoms with van der Waals surface area (Å²) < 4.78 is 18.4. The van der Waals surface area contributed by atoms with Crippen molar-refractivity contribution < 1.29 is 8.91 Å². The van der Waals surface area contributed by atoms with E-state index in [-0.39, 0.29) is 17.5 Å². The van der Waals surface area contributed by atoms with Crippen molar-refractivity contribution >= 4 is 0 Å². The van der Waals surface area contributed by atoms with E-state index in [0.29, 0.717) is 5.56 Å². The first-order chi connectivity index (χ1) is 7.48. The lowest BCUT2D eigenvalue weighted by molar-refractivity contribution is 0.312. The molecule has 1 aromatic carbocycles. The van der Waals surface area contributed by atoms with Gasteiger partial charge in [0.15, 0.2) is 0 Å². The van der Waals surface area contributed by atoms with Crippen molar-refractivity contribution in [1.29, 1.82) is 0 Å². The van der Waals surface area contributed by atoms with Crippen molar-refractivity contribution in [2.24, 2.45) is 5.73 Å². The Morgan fingerprint density at radius 3 is 2.56 bits per heavy atom. The summed E-state index contributed by atoms with van der Waals surface area (Å²) in [5.41, 5.74) is 5.38. The molecule has 0 fully saturated rings. The molecule has 0 unspecified atom stereocenters. The number of aromatic nitrogens is 2. The molecule has 1 aromatic heterocycles. The molecule has 2 N–H and O–H groups in total. The zero-order valence-corrected chi connectivity index (χ0v) is 9.07. The minimum atomic E-state index is -0.726. The number of nitrogens with two attached hydrogens (primary N) is 1. The average Bonchev–Trinajstić information content (AvgIpc) is 2.66. The smallest absolute Gasteiger partial charge is 0.246 e. The van der Waals surface area contributed by atoms with Crippen LogP contribution in [-0.4, -0.2) is 10.1 Å². The van der Waals surface area contributed by atoms with Gasteiger partial charge in [-0.3, -0.25) is 0 Å². The highest BCUT2D eigenvalue weighted by Crippen LogP contribution is 2.22. The van der Waals surface area contributed by atoms with Crippen molar-refractivity contribution in [1.82, 2.24) is 10.1 Å². The van der Waals surface area contributed by atoms with Crippen molar-refractivity contribution in [2.45, 2.75) is 19.4 Å². The van der Waals surface area contributed by atoms with Crippen molar-refractivity contribution in [3.8, 4) is 11.4 Å². The minimum absolute atomic E-state index is 0.214. The van der Waals surface area contributed by atoms with Gasteiger partial charge < -0.3 is 10.3 Å². The molecule has 84 valence electrons. The molecular weight excluding hydrogens is 209 g/mol. The van der Waals surface area contributed by atoms with E-state index in [1.807, 2.05) is 0 Å². The molecule has 0 saturated carbocycles. The fourth-order valence-electron chi connectivity index (χ4n) is 1.24. The van der Waals surface area contributed by atoms with E-state index in [0.717, 1.165) is 0 Å². The van der Waals surface area contributed by atoms with Crippen LogP contribution in [0.2, 0.25) is 0 Å². The lowest BCUT2D eigenvalue weighted by Crippen LogP contribution is -2.28. The van der Waals surface area contributed by atoms with Gasteiger partial charge in [-0.05, 0) is 26.0 Å². The van der Waals surface area contributed by atoms with E-state index in [4.69, 9.17) is 10.3 Å². The molecule has 0 amide bonds. The highest BCUT2D eigenvalue weighted by molar-refractivity contribution is 5.54. The molecule has 5 heteroatoms. The Bertz CT molecular complexity index is 502. The van der Waals surface area contributed by atoms with E-state index in [9.17, 15) is 4.39 Å². The van der Waals surface area contributed by atoms with Crippen LogP contribution in [0.3, 0.4) is 0 Å². The van der Waals surface area contributed by atoms with Crippen molar-refractivity contribution in [3.63, 3.8) is 0 Å². The lowest BCUT2D eigenvalue weighted by atomic mass is 10.1. The molecule has 0 aliphatic heterocycles. The zero-order valence-electron chi connectivity index (χ0n) is 9.07. The quantitative estimate of drug-likeness (QED) is 0.843. The number of hydrogen-bond acceptors (Lipinski definition) is 4. The largest absolute Gasteiger partial charge is 0.337 e. The second-order valence-electron chi connectivity index (χ2n) is 4.12. The van der Waals surface area contributed by atoms with Gasteiger partial charge in [0.2, 0.25) is 11.7 Å². The maximum absolute atomic E-state index is 13.4.